The number of aryl methyl sites for hydroxylation is 3. The third-order valence-electron chi connectivity index (χ3n) is 3.32. The van der Waals surface area contributed by atoms with Crippen LogP contribution in [0, 0.1) is 6.92 Å². The number of unbranched alkanes of at least 4 members (excludes halogenated alkanes) is 1. The predicted molar refractivity (Wildman–Crippen MR) is 73.2 cm³/mol. The van der Waals surface area contributed by atoms with Gasteiger partial charge in [-0.2, -0.15) is 0 Å². The fourth-order valence-electron chi connectivity index (χ4n) is 2.53. The SMILES string of the molecule is CC.CCCCc1cc(C)c2c(c1)CCC2. The summed E-state index contributed by atoms with van der Waals surface area (Å²) < 4.78 is 0. The van der Waals surface area contributed by atoms with E-state index in [4.69, 9.17) is 0 Å². The molecule has 1 aromatic rings. The van der Waals surface area contributed by atoms with Gasteiger partial charge in [-0.05, 0) is 61.3 Å². The molecule has 0 fully saturated rings. The van der Waals surface area contributed by atoms with E-state index < -0.39 is 0 Å². The monoisotopic (exact) mass is 218 g/mol. The molecule has 0 atom stereocenters. The van der Waals surface area contributed by atoms with Crippen molar-refractivity contribution in [3.8, 4) is 0 Å². The Balaban J connectivity index is 0.000000606. The fraction of sp³-hybridized carbons (Fsp3) is 0.625. The van der Waals surface area contributed by atoms with Crippen LogP contribution in [0.4, 0.5) is 0 Å². The van der Waals surface area contributed by atoms with Crippen molar-refractivity contribution in [2.24, 2.45) is 0 Å². The van der Waals surface area contributed by atoms with Crippen molar-refractivity contribution in [2.75, 3.05) is 0 Å². The molecule has 2 rings (SSSR count). The largest absolute Gasteiger partial charge is 0.0683 e. The zero-order chi connectivity index (χ0) is 12.0. The molecule has 16 heavy (non-hydrogen) atoms. The summed E-state index contributed by atoms with van der Waals surface area (Å²) in [5, 5.41) is 0. The lowest BCUT2D eigenvalue weighted by molar-refractivity contribution is 0.793. The van der Waals surface area contributed by atoms with Crippen molar-refractivity contribution < 1.29 is 0 Å². The molecule has 0 saturated heterocycles. The summed E-state index contributed by atoms with van der Waals surface area (Å²) in [4.78, 5) is 0. The highest BCUT2D eigenvalue weighted by molar-refractivity contribution is 5.41. The summed E-state index contributed by atoms with van der Waals surface area (Å²) in [5.74, 6) is 0. The smallest absolute Gasteiger partial charge is 0.0270 e. The molecule has 0 heterocycles. The van der Waals surface area contributed by atoms with Crippen molar-refractivity contribution in [2.45, 2.75) is 66.2 Å². The van der Waals surface area contributed by atoms with Gasteiger partial charge in [0, 0.05) is 0 Å². The highest BCUT2D eigenvalue weighted by Gasteiger charge is 2.13. The van der Waals surface area contributed by atoms with Crippen molar-refractivity contribution in [1.82, 2.24) is 0 Å². The lowest BCUT2D eigenvalue weighted by atomic mass is 9.98. The van der Waals surface area contributed by atoms with Crippen LogP contribution in [0.15, 0.2) is 12.1 Å². The molecule has 1 aliphatic rings. The number of fused-ring (bicyclic) bond motifs is 1. The average Bonchev–Trinajstić information content (AvgIpc) is 2.78. The second-order valence-electron chi connectivity index (χ2n) is 4.51. The maximum atomic E-state index is 2.45. The van der Waals surface area contributed by atoms with Gasteiger partial charge in [0.05, 0.1) is 0 Å². The van der Waals surface area contributed by atoms with E-state index >= 15 is 0 Å². The maximum Gasteiger partial charge on any atom is -0.0270 e. The second kappa shape index (κ2) is 6.73. The minimum Gasteiger partial charge on any atom is -0.0683 e. The Morgan fingerprint density at radius 2 is 1.88 bits per heavy atom. The molecule has 0 heteroatoms. The lowest BCUT2D eigenvalue weighted by Gasteiger charge is -2.08. The maximum absolute atomic E-state index is 2.45. The van der Waals surface area contributed by atoms with E-state index in [1.54, 1.807) is 16.7 Å². The summed E-state index contributed by atoms with van der Waals surface area (Å²) in [6.45, 7) is 8.54. The van der Waals surface area contributed by atoms with Crippen molar-refractivity contribution in [1.29, 1.82) is 0 Å². The van der Waals surface area contributed by atoms with E-state index in [1.807, 2.05) is 13.8 Å². The molecule has 0 aliphatic heterocycles. The molecule has 0 aromatic heterocycles. The Kier molecular flexibility index (Phi) is 5.59. The standard InChI is InChI=1S/C14H20.C2H6/c1-3-4-6-12-9-11(2)14-8-5-7-13(14)10-12;1-2/h9-10H,3-8H2,1-2H3;1-2H3. The molecule has 0 amide bonds. The summed E-state index contributed by atoms with van der Waals surface area (Å²) in [5.41, 5.74) is 6.37. The Labute approximate surface area is 101 Å². The Hall–Kier alpha value is -0.780. The van der Waals surface area contributed by atoms with Crippen molar-refractivity contribution in [3.05, 3.63) is 34.4 Å². The van der Waals surface area contributed by atoms with Gasteiger partial charge in [0.2, 0.25) is 0 Å². The quantitative estimate of drug-likeness (QED) is 0.680. The van der Waals surface area contributed by atoms with Gasteiger partial charge in [0.1, 0.15) is 0 Å². The van der Waals surface area contributed by atoms with Crippen LogP contribution >= 0.6 is 0 Å². The minimum atomic E-state index is 1.27. The van der Waals surface area contributed by atoms with Crippen LogP contribution in [0.25, 0.3) is 0 Å². The summed E-state index contributed by atoms with van der Waals surface area (Å²) >= 11 is 0. The van der Waals surface area contributed by atoms with Crippen LogP contribution < -0.4 is 0 Å². The Morgan fingerprint density at radius 3 is 2.56 bits per heavy atom. The molecular formula is C16H26. The van der Waals surface area contributed by atoms with Gasteiger partial charge >= 0.3 is 0 Å². The summed E-state index contributed by atoms with van der Waals surface area (Å²) in [7, 11) is 0. The second-order valence-corrected chi connectivity index (χ2v) is 4.51. The number of benzene rings is 1. The van der Waals surface area contributed by atoms with E-state index in [0.29, 0.717) is 0 Å². The molecule has 0 spiro atoms. The van der Waals surface area contributed by atoms with Crippen LogP contribution in [-0.4, -0.2) is 0 Å². The average molecular weight is 218 g/mol. The van der Waals surface area contributed by atoms with Crippen LogP contribution in [0.1, 0.15) is 62.3 Å². The number of hydrogen-bond acceptors (Lipinski definition) is 0. The summed E-state index contributed by atoms with van der Waals surface area (Å²) in [6.07, 6.45) is 7.90. The van der Waals surface area contributed by atoms with Crippen LogP contribution in [0.5, 0.6) is 0 Å². The lowest BCUT2D eigenvalue weighted by Crippen LogP contribution is -1.93. The zero-order valence-corrected chi connectivity index (χ0v) is 11.4. The molecular weight excluding hydrogens is 192 g/mol. The van der Waals surface area contributed by atoms with Crippen molar-refractivity contribution >= 4 is 0 Å². The molecule has 0 bridgehead atoms. The predicted octanol–water partition coefficient (Wildman–Crippen LogP) is 4.85. The molecule has 0 radical (unpaired) electrons. The molecule has 90 valence electrons. The first-order chi connectivity index (χ1) is 7.81. The van der Waals surface area contributed by atoms with E-state index in [0.717, 1.165) is 0 Å². The topological polar surface area (TPSA) is 0 Å². The van der Waals surface area contributed by atoms with Gasteiger partial charge in [-0.25, -0.2) is 0 Å². The van der Waals surface area contributed by atoms with Crippen LogP contribution in [-0.2, 0) is 19.3 Å². The summed E-state index contributed by atoms with van der Waals surface area (Å²) in [6, 6.07) is 4.85. The van der Waals surface area contributed by atoms with Crippen LogP contribution in [0.2, 0.25) is 0 Å². The van der Waals surface area contributed by atoms with Crippen molar-refractivity contribution in [3.63, 3.8) is 0 Å². The highest BCUT2D eigenvalue weighted by atomic mass is 14.2. The van der Waals surface area contributed by atoms with E-state index in [1.165, 1.54) is 44.1 Å². The fourth-order valence-corrected chi connectivity index (χ4v) is 2.53. The molecule has 0 saturated carbocycles. The van der Waals surface area contributed by atoms with E-state index in [2.05, 4.69) is 26.0 Å². The first-order valence-electron chi connectivity index (χ1n) is 6.92. The minimum absolute atomic E-state index is 1.27. The van der Waals surface area contributed by atoms with E-state index in [9.17, 15) is 0 Å². The molecule has 1 aromatic carbocycles. The Bertz CT molecular complexity index is 323. The third kappa shape index (κ3) is 3.10. The van der Waals surface area contributed by atoms with E-state index in [-0.39, 0.29) is 0 Å². The van der Waals surface area contributed by atoms with Gasteiger partial charge in [0.15, 0.2) is 0 Å². The van der Waals surface area contributed by atoms with Gasteiger partial charge in [-0.3, -0.25) is 0 Å². The normalized spacial score (nSPS) is 13.0. The van der Waals surface area contributed by atoms with Gasteiger partial charge < -0.3 is 0 Å². The number of rotatable bonds is 3. The van der Waals surface area contributed by atoms with Gasteiger partial charge in [-0.1, -0.05) is 39.3 Å². The third-order valence-corrected chi connectivity index (χ3v) is 3.32. The van der Waals surface area contributed by atoms with Gasteiger partial charge in [0.25, 0.3) is 0 Å². The first-order valence-corrected chi connectivity index (χ1v) is 6.92. The molecule has 0 N–H and O–H groups in total. The molecule has 0 unspecified atom stereocenters. The first kappa shape index (κ1) is 13.3. The molecule has 1 aliphatic carbocycles. The van der Waals surface area contributed by atoms with Gasteiger partial charge in [-0.15, -0.1) is 0 Å². The number of hydrogen-bond donors (Lipinski definition) is 0. The Morgan fingerprint density at radius 1 is 1.12 bits per heavy atom. The highest BCUT2D eigenvalue weighted by Crippen LogP contribution is 2.27. The molecule has 0 nitrogen and oxygen atoms in total. The zero-order valence-electron chi connectivity index (χ0n) is 11.4. The van der Waals surface area contributed by atoms with Crippen LogP contribution in [0.3, 0.4) is 0 Å².